The number of benzene rings is 2. The Morgan fingerprint density at radius 3 is 1.40 bits per heavy atom. The van der Waals surface area contributed by atoms with E-state index in [1.807, 2.05) is 0 Å². The van der Waals surface area contributed by atoms with Gasteiger partial charge in [-0.3, -0.25) is 0 Å². The average Bonchev–Trinajstić information content (AvgIpc) is 2.47. The van der Waals surface area contributed by atoms with Gasteiger partial charge in [0.25, 0.3) is 0 Å². The second kappa shape index (κ2) is 10.0. The van der Waals surface area contributed by atoms with Crippen molar-refractivity contribution in [2.45, 2.75) is 13.1 Å². The lowest BCUT2D eigenvalue weighted by molar-refractivity contribution is 0.620. The zero-order valence-electron chi connectivity index (χ0n) is 12.7. The van der Waals surface area contributed by atoms with Crippen molar-refractivity contribution in [3.05, 3.63) is 60.7 Å². The summed E-state index contributed by atoms with van der Waals surface area (Å²) in [5.74, 6) is 0. The van der Waals surface area contributed by atoms with E-state index in [4.69, 9.17) is 4.12 Å². The standard InChI is InChI=1S/C14H18OSi2.H6OSi2/c1-16(2)15-17(13-9-5-3-6-10-13)14-11-7-4-8-12-14;2-1-3/h3-12,16-17H,1-2H3;2-3H3. The van der Waals surface area contributed by atoms with Crippen molar-refractivity contribution in [3.8, 4) is 0 Å². The highest BCUT2D eigenvalue weighted by atomic mass is 28.4. The molecule has 0 spiro atoms. The topological polar surface area (TPSA) is 18.5 Å². The van der Waals surface area contributed by atoms with Crippen molar-refractivity contribution in [3.63, 3.8) is 0 Å². The van der Waals surface area contributed by atoms with E-state index < -0.39 is 18.1 Å². The highest BCUT2D eigenvalue weighted by molar-refractivity contribution is 6.84. The molecule has 2 aromatic carbocycles. The van der Waals surface area contributed by atoms with Gasteiger partial charge in [-0.1, -0.05) is 60.7 Å². The summed E-state index contributed by atoms with van der Waals surface area (Å²) in [5.41, 5.74) is 0. The van der Waals surface area contributed by atoms with Crippen molar-refractivity contribution in [2.24, 2.45) is 0 Å². The lowest BCUT2D eigenvalue weighted by Crippen LogP contribution is -2.47. The quantitative estimate of drug-likeness (QED) is 0.673. The molecule has 0 aromatic heterocycles. The van der Waals surface area contributed by atoms with Gasteiger partial charge in [0, 0.05) is 0 Å². The maximum atomic E-state index is 6.30. The van der Waals surface area contributed by atoms with Gasteiger partial charge in [-0.05, 0) is 23.5 Å². The van der Waals surface area contributed by atoms with Gasteiger partial charge in [0.05, 0.1) is 0 Å². The number of hydrogen-bond donors (Lipinski definition) is 0. The minimum absolute atomic E-state index is 0.931. The molecule has 2 aromatic rings. The van der Waals surface area contributed by atoms with Gasteiger partial charge < -0.3 is 8.23 Å². The van der Waals surface area contributed by atoms with E-state index in [1.54, 1.807) is 0 Å². The summed E-state index contributed by atoms with van der Waals surface area (Å²) < 4.78 is 10.8. The SMILES string of the molecule is C[SiH](C)O[SiH](c1ccccc1)c1ccccc1.[SiH3]O[SiH3]. The second-order valence-corrected chi connectivity index (χ2v) is 13.3. The third-order valence-corrected chi connectivity index (χ3v) is 7.86. The molecule has 2 rings (SSSR count). The average molecular weight is 337 g/mol. The summed E-state index contributed by atoms with van der Waals surface area (Å²) in [5, 5.41) is 2.75. The molecule has 0 aliphatic rings. The second-order valence-electron chi connectivity index (χ2n) is 4.79. The van der Waals surface area contributed by atoms with Gasteiger partial charge >= 0.3 is 0 Å². The Balaban J connectivity index is 0.000000612. The van der Waals surface area contributed by atoms with Gasteiger partial charge in [-0.25, -0.2) is 0 Å². The van der Waals surface area contributed by atoms with Crippen LogP contribution >= 0.6 is 0 Å². The van der Waals surface area contributed by atoms with Crippen LogP contribution < -0.4 is 10.4 Å². The molecule has 2 nitrogen and oxygen atoms in total. The Labute approximate surface area is 131 Å². The van der Waals surface area contributed by atoms with Crippen LogP contribution in [0.4, 0.5) is 0 Å². The van der Waals surface area contributed by atoms with E-state index in [2.05, 4.69) is 77.9 Å². The Kier molecular flexibility index (Phi) is 8.66. The van der Waals surface area contributed by atoms with Crippen LogP contribution in [0.3, 0.4) is 0 Å². The lowest BCUT2D eigenvalue weighted by atomic mass is 10.4. The molecule has 108 valence electrons. The van der Waals surface area contributed by atoms with Crippen LogP contribution in [0.15, 0.2) is 60.7 Å². The minimum Gasteiger partial charge on any atom is -0.471 e. The molecular formula is C14H24O2Si4. The summed E-state index contributed by atoms with van der Waals surface area (Å²) in [6.45, 7) is 4.48. The van der Waals surface area contributed by atoms with E-state index in [1.165, 1.54) is 10.4 Å². The molecule has 0 bridgehead atoms. The summed E-state index contributed by atoms with van der Waals surface area (Å²) in [6.07, 6.45) is 0. The molecule has 0 saturated carbocycles. The van der Waals surface area contributed by atoms with Crippen LogP contribution in [0.5, 0.6) is 0 Å². The molecular weight excluding hydrogens is 312 g/mol. The molecule has 0 saturated heterocycles. The Morgan fingerprint density at radius 1 is 0.750 bits per heavy atom. The lowest BCUT2D eigenvalue weighted by Gasteiger charge is -2.19. The fourth-order valence-electron chi connectivity index (χ4n) is 1.88. The largest absolute Gasteiger partial charge is 0.471 e. The van der Waals surface area contributed by atoms with Crippen molar-refractivity contribution in [1.82, 2.24) is 0 Å². The van der Waals surface area contributed by atoms with Crippen LogP contribution in [-0.2, 0) is 8.23 Å². The third-order valence-electron chi connectivity index (χ3n) is 2.61. The first kappa shape index (κ1) is 17.3. The normalized spacial score (nSPS) is 10.6. The zero-order valence-corrected chi connectivity index (χ0v) is 19.1. The fraction of sp³-hybridized carbons (Fsp3) is 0.143. The molecule has 0 heterocycles. The monoisotopic (exact) mass is 336 g/mol. The van der Waals surface area contributed by atoms with Crippen LogP contribution in [-0.4, -0.2) is 39.1 Å². The van der Waals surface area contributed by atoms with E-state index in [-0.39, 0.29) is 0 Å². The molecule has 0 aliphatic carbocycles. The van der Waals surface area contributed by atoms with E-state index in [0.717, 1.165) is 21.0 Å². The summed E-state index contributed by atoms with van der Waals surface area (Å²) in [6, 6.07) is 21.3. The molecule has 0 atom stereocenters. The van der Waals surface area contributed by atoms with Crippen LogP contribution in [0.2, 0.25) is 13.1 Å². The van der Waals surface area contributed by atoms with E-state index in [9.17, 15) is 0 Å². The van der Waals surface area contributed by atoms with Crippen molar-refractivity contribution >= 4 is 49.4 Å². The Bertz CT molecular complexity index is 426. The van der Waals surface area contributed by atoms with E-state index >= 15 is 0 Å². The van der Waals surface area contributed by atoms with Gasteiger partial charge in [0.15, 0.2) is 9.04 Å². The van der Waals surface area contributed by atoms with Gasteiger partial charge in [-0.2, -0.15) is 0 Å². The van der Waals surface area contributed by atoms with Crippen LogP contribution in [0.1, 0.15) is 0 Å². The fourth-order valence-corrected chi connectivity index (χ4v) is 6.84. The summed E-state index contributed by atoms with van der Waals surface area (Å²) >= 11 is 0. The van der Waals surface area contributed by atoms with Crippen molar-refractivity contribution in [2.75, 3.05) is 0 Å². The van der Waals surface area contributed by atoms with Crippen LogP contribution in [0, 0.1) is 0 Å². The summed E-state index contributed by atoms with van der Waals surface area (Å²) in [7, 11) is -0.592. The minimum atomic E-state index is -1.45. The van der Waals surface area contributed by atoms with Gasteiger partial charge in [0.2, 0.25) is 9.04 Å². The molecule has 0 unspecified atom stereocenters. The first-order valence-electron chi connectivity index (χ1n) is 6.84. The molecule has 0 aliphatic heterocycles. The number of rotatable bonds is 4. The Morgan fingerprint density at radius 2 is 1.10 bits per heavy atom. The zero-order chi connectivity index (χ0) is 14.8. The molecule has 0 N–H and O–H groups in total. The van der Waals surface area contributed by atoms with Crippen molar-refractivity contribution < 1.29 is 8.23 Å². The number of hydrogen-bond acceptors (Lipinski definition) is 2. The molecule has 6 heteroatoms. The highest BCUT2D eigenvalue weighted by Crippen LogP contribution is 1.96. The van der Waals surface area contributed by atoms with E-state index in [0.29, 0.717) is 0 Å². The highest BCUT2D eigenvalue weighted by Gasteiger charge is 2.18. The molecule has 20 heavy (non-hydrogen) atoms. The summed E-state index contributed by atoms with van der Waals surface area (Å²) in [4.78, 5) is 0. The predicted octanol–water partition coefficient (Wildman–Crippen LogP) is -0.912. The van der Waals surface area contributed by atoms with Crippen molar-refractivity contribution in [1.29, 1.82) is 0 Å². The maximum Gasteiger partial charge on any atom is 0.228 e. The Hall–Kier alpha value is -0.772. The molecule has 0 radical (unpaired) electrons. The van der Waals surface area contributed by atoms with Gasteiger partial charge in [0.1, 0.15) is 21.0 Å². The van der Waals surface area contributed by atoms with Gasteiger partial charge in [-0.15, -0.1) is 0 Å². The smallest absolute Gasteiger partial charge is 0.228 e. The molecule has 0 amide bonds. The molecule has 0 fully saturated rings. The first-order valence-corrected chi connectivity index (χ1v) is 12.9. The first-order chi connectivity index (χ1) is 9.69. The predicted molar refractivity (Wildman–Crippen MR) is 100 cm³/mol. The third kappa shape index (κ3) is 6.12. The van der Waals surface area contributed by atoms with Crippen LogP contribution in [0.25, 0.3) is 0 Å². The maximum absolute atomic E-state index is 6.30.